The third kappa shape index (κ3) is 13.5. The second-order valence-electron chi connectivity index (χ2n) is 22.8. The van der Waals surface area contributed by atoms with Crippen molar-refractivity contribution in [1.82, 2.24) is 25.1 Å². The molecule has 87 heavy (non-hydrogen) atoms. The van der Waals surface area contributed by atoms with Crippen molar-refractivity contribution in [3.8, 4) is 28.7 Å². The predicted molar refractivity (Wildman–Crippen MR) is 332 cm³/mol. The average Bonchev–Trinajstić information content (AvgIpc) is 2.79. The van der Waals surface area contributed by atoms with Gasteiger partial charge in [0.2, 0.25) is 23.7 Å². The fourth-order valence-electron chi connectivity index (χ4n) is 12.0. The highest BCUT2D eigenvalue weighted by Crippen LogP contribution is 2.61. The fraction of sp³-hybridized carbons (Fsp3) is 0.338. The van der Waals surface area contributed by atoms with Crippen LogP contribution in [0.5, 0.6) is 11.5 Å². The number of carbonyl (C=O) groups is 4. The molecule has 4 amide bonds. The lowest BCUT2D eigenvalue weighted by atomic mass is 9.62. The van der Waals surface area contributed by atoms with Crippen LogP contribution in [0.2, 0.25) is 15.1 Å². The Balaban J connectivity index is 0.808. The minimum atomic E-state index is -1.74. The lowest BCUT2D eigenvalue weighted by Gasteiger charge is -2.38. The zero-order valence-electron chi connectivity index (χ0n) is 48.6. The maximum Gasteiger partial charge on any atom is 0.251 e. The largest absolute Gasteiger partial charge is 0.508 e. The molecule has 0 spiro atoms. The molecule has 1 aliphatic carbocycles. The summed E-state index contributed by atoms with van der Waals surface area (Å²) >= 11 is 19.4. The van der Waals surface area contributed by atoms with Gasteiger partial charge in [0.05, 0.1) is 47.5 Å². The highest BCUT2D eigenvalue weighted by molar-refractivity contribution is 6.35. The van der Waals surface area contributed by atoms with Gasteiger partial charge >= 0.3 is 0 Å². The number of benzene rings is 6. The first-order valence-electron chi connectivity index (χ1n) is 28.3. The number of phenolic OH excluding ortho intramolecular Hbond substituents is 1. The van der Waals surface area contributed by atoms with Gasteiger partial charge in [-0.2, -0.15) is 10.2 Å². The van der Waals surface area contributed by atoms with E-state index in [0.717, 1.165) is 6.07 Å². The van der Waals surface area contributed by atoms with Gasteiger partial charge in [0.25, 0.3) is 5.91 Å². The topological polar surface area (TPSA) is 202 Å². The van der Waals surface area contributed by atoms with Crippen LogP contribution < -0.4 is 25.6 Å². The minimum absolute atomic E-state index is 0.00741. The quantitative estimate of drug-likeness (QED) is 0.0416. The van der Waals surface area contributed by atoms with E-state index in [0.29, 0.717) is 60.1 Å². The third-order valence-corrected chi connectivity index (χ3v) is 16.9. The SMILES string of the molecule is C=CC(=O)N1CCN(c2nc(NCCC(=O)N(C)CCOCCNC(=O)c3ccc(NC(=O)[C@@H]4C[C@@H](CC(C)(C)C)[C@](C#N)(c5ccc(Cl)cc5F)[C@H]4c4cccc(Cl)c4F)c(OC)c3)nc3c(F)c(-c4cc(O)cc5ccccc45)c(Cl)cc23)CC1. The summed E-state index contributed by atoms with van der Waals surface area (Å²) in [6.07, 6.45) is 1.73. The third-order valence-electron chi connectivity index (χ3n) is 16.1. The molecular weight excluding hydrogens is 1180 g/mol. The Morgan fingerprint density at radius 2 is 1.66 bits per heavy atom. The van der Waals surface area contributed by atoms with Crippen molar-refractivity contribution in [3.05, 3.63) is 159 Å². The fourth-order valence-corrected chi connectivity index (χ4v) is 12.6. The summed E-state index contributed by atoms with van der Waals surface area (Å²) in [4.78, 5) is 68.3. The Kier molecular flexibility index (Phi) is 19.6. The lowest BCUT2D eigenvalue weighted by molar-refractivity contribution is -0.130. The number of methoxy groups -OCH3 is 1. The number of anilines is 3. The summed E-state index contributed by atoms with van der Waals surface area (Å²) in [5.41, 5.74) is -1.38. The Labute approximate surface area is 517 Å². The number of amides is 4. The first-order chi connectivity index (χ1) is 41.6. The van der Waals surface area contributed by atoms with Crippen molar-refractivity contribution in [1.29, 1.82) is 5.26 Å². The van der Waals surface area contributed by atoms with Crippen molar-refractivity contribution in [2.24, 2.45) is 17.3 Å². The monoisotopic (exact) mass is 1250 g/mol. The second kappa shape index (κ2) is 26.9. The van der Waals surface area contributed by atoms with Crippen LogP contribution in [-0.4, -0.2) is 122 Å². The number of nitriles is 1. The van der Waals surface area contributed by atoms with E-state index in [9.17, 15) is 29.5 Å². The molecule has 22 heteroatoms. The van der Waals surface area contributed by atoms with Gasteiger partial charge in [0, 0.05) is 98.2 Å². The van der Waals surface area contributed by atoms with E-state index >= 15 is 13.2 Å². The van der Waals surface area contributed by atoms with E-state index in [1.807, 2.05) is 43.9 Å². The number of aromatic hydroxyl groups is 1. The number of hydrogen-bond donors (Lipinski definition) is 4. The molecule has 6 aromatic carbocycles. The molecule has 1 aliphatic heterocycles. The van der Waals surface area contributed by atoms with Crippen LogP contribution in [0.25, 0.3) is 32.8 Å². The van der Waals surface area contributed by atoms with Crippen molar-refractivity contribution in [2.45, 2.75) is 51.4 Å². The first kappa shape index (κ1) is 63.4. The van der Waals surface area contributed by atoms with E-state index in [2.05, 4.69) is 33.6 Å². The first-order valence-corrected chi connectivity index (χ1v) is 29.4. The van der Waals surface area contributed by atoms with Gasteiger partial charge < -0.3 is 45.2 Å². The van der Waals surface area contributed by atoms with E-state index in [1.165, 1.54) is 72.7 Å². The molecule has 454 valence electrons. The molecular formula is C65H65Cl3F3N9O7. The van der Waals surface area contributed by atoms with Crippen LogP contribution in [0.4, 0.5) is 30.6 Å². The van der Waals surface area contributed by atoms with Crippen molar-refractivity contribution in [3.63, 3.8) is 0 Å². The maximum absolute atomic E-state index is 17.1. The minimum Gasteiger partial charge on any atom is -0.508 e. The van der Waals surface area contributed by atoms with Crippen LogP contribution in [0.1, 0.15) is 67.4 Å². The number of aromatic nitrogens is 2. The van der Waals surface area contributed by atoms with E-state index in [-0.39, 0.29) is 123 Å². The summed E-state index contributed by atoms with van der Waals surface area (Å²) in [6, 6.07) is 27.1. The lowest BCUT2D eigenvalue weighted by Crippen LogP contribution is -2.48. The number of rotatable bonds is 20. The molecule has 9 rings (SSSR count). The van der Waals surface area contributed by atoms with Crippen LogP contribution in [0, 0.1) is 46.0 Å². The smallest absolute Gasteiger partial charge is 0.251 e. The molecule has 7 aromatic rings. The molecule has 4 N–H and O–H groups in total. The van der Waals surface area contributed by atoms with Gasteiger partial charge in [-0.05, 0) is 107 Å². The van der Waals surface area contributed by atoms with Crippen LogP contribution in [0.3, 0.4) is 0 Å². The van der Waals surface area contributed by atoms with Crippen LogP contribution in [-0.2, 0) is 24.5 Å². The number of ether oxygens (including phenoxy) is 2. The number of phenols is 1. The molecule has 1 aromatic heterocycles. The van der Waals surface area contributed by atoms with Gasteiger partial charge in [-0.25, -0.2) is 18.2 Å². The molecule has 2 fully saturated rings. The van der Waals surface area contributed by atoms with Crippen molar-refractivity contribution in [2.75, 3.05) is 88.7 Å². The molecule has 0 bridgehead atoms. The highest BCUT2D eigenvalue weighted by atomic mass is 35.5. The zero-order valence-corrected chi connectivity index (χ0v) is 50.9. The standard InChI is InChI=1S/C65H65Cl3F3N9O7/c1-7-53(82)79-22-24-80(25-23-79)60-46-34-49(68)55(44-33-41(81)29-37-11-8-9-12-42(37)44)58(71)59(46)76-63(77-60)74-20-19-54(83)78(5)26-28-87-27-21-73-61(84)38-15-18-51(52(30-38)86-6)75-62(85)45-31-39(35-64(2,3)4)65(36-72,47-17-16-40(66)32-50(47)69)56(45)43-13-10-14-48(67)57(43)70/h7-18,29-30,32-34,39,45,56,81H,1,19-28,31,35H2,2-6H3,(H,73,84)(H,75,85)(H,74,76,77)/t39-,45+,56-,65+/m0/s1. The van der Waals surface area contributed by atoms with E-state index in [1.54, 1.807) is 30.1 Å². The average molecular weight is 1250 g/mol. The number of carbonyl (C=O) groups excluding carboxylic acids is 4. The van der Waals surface area contributed by atoms with Crippen LogP contribution in [0.15, 0.2) is 110 Å². The summed E-state index contributed by atoms with van der Waals surface area (Å²) in [7, 11) is 2.99. The summed E-state index contributed by atoms with van der Waals surface area (Å²) in [5, 5.41) is 32.4. The molecule has 4 atom stereocenters. The Bertz CT molecular complexity index is 3860. The predicted octanol–water partition coefficient (Wildman–Crippen LogP) is 12.3. The second-order valence-corrected chi connectivity index (χ2v) is 24.1. The summed E-state index contributed by atoms with van der Waals surface area (Å²) < 4.78 is 60.9. The number of halogens is 6. The highest BCUT2D eigenvalue weighted by Gasteiger charge is 2.61. The zero-order chi connectivity index (χ0) is 62.5. The molecule has 0 unspecified atom stereocenters. The summed E-state index contributed by atoms with van der Waals surface area (Å²) in [5.74, 6) is -6.22. The normalized spacial score (nSPS) is 17.7. The van der Waals surface area contributed by atoms with Gasteiger partial charge in [-0.1, -0.05) is 105 Å². The number of hydrogen-bond acceptors (Lipinski definition) is 12. The van der Waals surface area contributed by atoms with Crippen molar-refractivity contribution < 1.29 is 46.9 Å². The van der Waals surface area contributed by atoms with Gasteiger partial charge in [0.1, 0.15) is 34.5 Å². The molecule has 2 aliphatic rings. The number of nitrogens with zero attached hydrogens (tertiary/aromatic N) is 6. The molecule has 16 nitrogen and oxygen atoms in total. The summed E-state index contributed by atoms with van der Waals surface area (Å²) in [6.45, 7) is 11.6. The van der Waals surface area contributed by atoms with Crippen LogP contribution >= 0.6 is 34.8 Å². The van der Waals surface area contributed by atoms with Gasteiger partial charge in [-0.3, -0.25) is 19.2 Å². The van der Waals surface area contributed by atoms with Crippen molar-refractivity contribution >= 4 is 97.6 Å². The number of nitrogens with one attached hydrogen (secondary N) is 3. The number of likely N-dealkylation sites (N-methyl/N-ethyl adjacent to an activating group) is 1. The molecule has 1 saturated heterocycles. The molecule has 2 heterocycles. The maximum atomic E-state index is 17.1. The van der Waals surface area contributed by atoms with E-state index < -0.39 is 57.8 Å². The van der Waals surface area contributed by atoms with E-state index in [4.69, 9.17) is 49.3 Å². The number of piperazine rings is 1. The Morgan fingerprint density at radius 1 is 0.897 bits per heavy atom. The Hall–Kier alpha value is -8.15. The molecule has 1 saturated carbocycles. The number of fused-ring (bicyclic) bond motifs is 2. The molecule has 0 radical (unpaired) electrons. The van der Waals surface area contributed by atoms with Gasteiger partial charge in [-0.15, -0.1) is 0 Å². The van der Waals surface area contributed by atoms with Gasteiger partial charge in [0.15, 0.2) is 5.82 Å². The Morgan fingerprint density at radius 3 is 2.37 bits per heavy atom.